The van der Waals surface area contributed by atoms with Crippen molar-refractivity contribution in [2.24, 2.45) is 0 Å². The molecule has 0 unspecified atom stereocenters. The maximum absolute atomic E-state index is 12.4. The van der Waals surface area contributed by atoms with E-state index in [9.17, 15) is 9.59 Å². The molecule has 0 saturated carbocycles. The molecule has 6 heteroatoms. The van der Waals surface area contributed by atoms with Crippen molar-refractivity contribution >= 4 is 11.9 Å². The number of carbonyl (C=O) groups is 2. The van der Waals surface area contributed by atoms with Crippen LogP contribution in [0.15, 0.2) is 24.3 Å². The van der Waals surface area contributed by atoms with Gasteiger partial charge in [0, 0.05) is 19.1 Å². The second-order valence-corrected chi connectivity index (χ2v) is 6.32. The third kappa shape index (κ3) is 5.46. The summed E-state index contributed by atoms with van der Waals surface area (Å²) >= 11 is 0. The number of likely N-dealkylation sites (tertiary alicyclic amines) is 1. The fourth-order valence-electron chi connectivity index (χ4n) is 3.32. The Bertz CT molecular complexity index is 583. The normalized spacial score (nSPS) is 15.4. The van der Waals surface area contributed by atoms with Gasteiger partial charge in [0.1, 0.15) is 5.75 Å². The molecule has 0 radical (unpaired) electrons. The fourth-order valence-corrected chi connectivity index (χ4v) is 3.32. The third-order valence-corrected chi connectivity index (χ3v) is 4.78. The van der Waals surface area contributed by atoms with Crippen molar-refractivity contribution in [3.8, 4) is 5.75 Å². The highest BCUT2D eigenvalue weighted by Gasteiger charge is 2.27. The molecule has 0 aromatic heterocycles. The molecule has 0 atom stereocenters. The molecular weight excluding hydrogens is 320 g/mol. The van der Waals surface area contributed by atoms with Gasteiger partial charge in [0.25, 0.3) is 5.91 Å². The van der Waals surface area contributed by atoms with Gasteiger partial charge in [-0.05, 0) is 37.4 Å². The lowest BCUT2D eigenvalue weighted by Gasteiger charge is -2.37. The second-order valence-electron chi connectivity index (χ2n) is 6.32. The molecule has 1 N–H and O–H groups in total. The Morgan fingerprint density at radius 1 is 1.24 bits per heavy atom. The van der Waals surface area contributed by atoms with Crippen LogP contribution in [0.25, 0.3) is 0 Å². The molecule has 1 aliphatic heterocycles. The lowest BCUT2D eigenvalue weighted by atomic mass is 10.0. The SMILES string of the molecule is CCc1ccccc1OCC(=O)N1CCC(N(CC)CC(=O)O)CC1. The van der Waals surface area contributed by atoms with Gasteiger partial charge in [-0.3, -0.25) is 14.5 Å². The Morgan fingerprint density at radius 2 is 1.92 bits per heavy atom. The number of likely N-dealkylation sites (N-methyl/N-ethyl adjacent to an activating group) is 1. The van der Waals surface area contributed by atoms with Crippen LogP contribution < -0.4 is 4.74 Å². The van der Waals surface area contributed by atoms with E-state index in [0.29, 0.717) is 19.6 Å². The molecule has 25 heavy (non-hydrogen) atoms. The van der Waals surface area contributed by atoms with Crippen molar-refractivity contribution in [1.82, 2.24) is 9.80 Å². The lowest BCUT2D eigenvalue weighted by Crippen LogP contribution is -2.49. The highest BCUT2D eigenvalue weighted by atomic mass is 16.5. The van der Waals surface area contributed by atoms with Crippen LogP contribution in [0.2, 0.25) is 0 Å². The van der Waals surface area contributed by atoms with Crippen LogP contribution in [-0.4, -0.2) is 65.6 Å². The minimum atomic E-state index is -0.802. The summed E-state index contributed by atoms with van der Waals surface area (Å²) in [5.41, 5.74) is 1.10. The van der Waals surface area contributed by atoms with Crippen LogP contribution in [0, 0.1) is 0 Å². The van der Waals surface area contributed by atoms with Gasteiger partial charge in [-0.2, -0.15) is 0 Å². The number of nitrogens with zero attached hydrogens (tertiary/aromatic N) is 2. The summed E-state index contributed by atoms with van der Waals surface area (Å²) in [6.45, 7) is 6.16. The van der Waals surface area contributed by atoms with Crippen molar-refractivity contribution < 1.29 is 19.4 Å². The largest absolute Gasteiger partial charge is 0.483 e. The molecule has 1 aliphatic rings. The number of hydrogen-bond acceptors (Lipinski definition) is 4. The molecule has 0 aliphatic carbocycles. The van der Waals surface area contributed by atoms with Crippen molar-refractivity contribution in [2.75, 3.05) is 32.8 Å². The van der Waals surface area contributed by atoms with Gasteiger partial charge in [-0.15, -0.1) is 0 Å². The molecule has 1 heterocycles. The minimum absolute atomic E-state index is 0.00867. The zero-order valence-electron chi connectivity index (χ0n) is 15.1. The average Bonchev–Trinajstić information content (AvgIpc) is 2.64. The molecule has 0 spiro atoms. The van der Waals surface area contributed by atoms with E-state index in [-0.39, 0.29) is 25.1 Å². The Morgan fingerprint density at radius 3 is 2.52 bits per heavy atom. The summed E-state index contributed by atoms with van der Waals surface area (Å²) < 4.78 is 5.71. The summed E-state index contributed by atoms with van der Waals surface area (Å²) in [6.07, 6.45) is 2.48. The molecular formula is C19H28N2O4. The van der Waals surface area contributed by atoms with Crippen molar-refractivity contribution in [3.63, 3.8) is 0 Å². The van der Waals surface area contributed by atoms with E-state index in [1.165, 1.54) is 0 Å². The zero-order valence-corrected chi connectivity index (χ0v) is 15.1. The standard InChI is InChI=1S/C19H28N2O4/c1-3-15-7-5-6-8-17(15)25-14-18(22)21-11-9-16(10-12-21)20(4-2)13-19(23)24/h5-8,16H,3-4,9-14H2,1-2H3,(H,23,24). The summed E-state index contributed by atoms with van der Waals surface area (Å²) in [6, 6.07) is 8.00. The van der Waals surface area contributed by atoms with Crippen LogP contribution in [0.5, 0.6) is 5.75 Å². The van der Waals surface area contributed by atoms with E-state index < -0.39 is 5.97 Å². The number of piperidine rings is 1. The van der Waals surface area contributed by atoms with Gasteiger partial charge in [0.15, 0.2) is 6.61 Å². The number of aryl methyl sites for hydroxylation is 1. The van der Waals surface area contributed by atoms with Crippen LogP contribution in [0.1, 0.15) is 32.3 Å². The number of carboxylic acid groups (broad SMARTS) is 1. The number of ether oxygens (including phenoxy) is 1. The van der Waals surface area contributed by atoms with E-state index in [4.69, 9.17) is 9.84 Å². The predicted molar refractivity (Wildman–Crippen MR) is 95.8 cm³/mol. The zero-order chi connectivity index (χ0) is 18.2. The summed E-state index contributed by atoms with van der Waals surface area (Å²) in [5, 5.41) is 8.98. The highest BCUT2D eigenvalue weighted by Crippen LogP contribution is 2.20. The third-order valence-electron chi connectivity index (χ3n) is 4.78. The van der Waals surface area contributed by atoms with Gasteiger partial charge < -0.3 is 14.7 Å². The van der Waals surface area contributed by atoms with Crippen molar-refractivity contribution in [2.45, 2.75) is 39.2 Å². The molecule has 1 fully saturated rings. The topological polar surface area (TPSA) is 70.1 Å². The smallest absolute Gasteiger partial charge is 0.317 e. The van der Waals surface area contributed by atoms with Crippen LogP contribution >= 0.6 is 0 Å². The maximum Gasteiger partial charge on any atom is 0.317 e. The first-order valence-corrected chi connectivity index (χ1v) is 8.99. The number of hydrogen-bond donors (Lipinski definition) is 1. The maximum atomic E-state index is 12.4. The van der Waals surface area contributed by atoms with Gasteiger partial charge in [-0.25, -0.2) is 0 Å². The number of carboxylic acids is 1. The molecule has 0 bridgehead atoms. The summed E-state index contributed by atoms with van der Waals surface area (Å²) in [7, 11) is 0. The number of rotatable bonds is 8. The summed E-state index contributed by atoms with van der Waals surface area (Å²) in [5.74, 6) is -0.0409. The van der Waals surface area contributed by atoms with Gasteiger partial charge >= 0.3 is 5.97 Å². The molecule has 138 valence electrons. The van der Waals surface area contributed by atoms with Gasteiger partial charge in [-0.1, -0.05) is 32.0 Å². The van der Waals surface area contributed by atoms with Gasteiger partial charge in [0.05, 0.1) is 6.54 Å². The number of amides is 1. The number of benzene rings is 1. The first kappa shape index (κ1) is 19.2. The van der Waals surface area contributed by atoms with Crippen molar-refractivity contribution in [1.29, 1.82) is 0 Å². The van der Waals surface area contributed by atoms with Crippen LogP contribution in [0.3, 0.4) is 0 Å². The van der Waals surface area contributed by atoms with Crippen molar-refractivity contribution in [3.05, 3.63) is 29.8 Å². The molecule has 1 amide bonds. The quantitative estimate of drug-likeness (QED) is 0.778. The Kier molecular flexibility index (Phi) is 7.25. The molecule has 6 nitrogen and oxygen atoms in total. The highest BCUT2D eigenvalue weighted by molar-refractivity contribution is 5.78. The van der Waals surface area contributed by atoms with E-state index in [1.54, 1.807) is 0 Å². The van der Waals surface area contributed by atoms with E-state index in [0.717, 1.165) is 30.6 Å². The first-order chi connectivity index (χ1) is 12.0. The Balaban J connectivity index is 1.82. The molecule has 1 saturated heterocycles. The second kappa shape index (κ2) is 9.42. The van der Waals surface area contributed by atoms with Crippen LogP contribution in [-0.2, 0) is 16.0 Å². The molecule has 1 aromatic rings. The monoisotopic (exact) mass is 348 g/mol. The summed E-state index contributed by atoms with van der Waals surface area (Å²) in [4.78, 5) is 27.1. The Hall–Kier alpha value is -2.08. The first-order valence-electron chi connectivity index (χ1n) is 8.99. The number of carbonyl (C=O) groups excluding carboxylic acids is 1. The average molecular weight is 348 g/mol. The van der Waals surface area contributed by atoms with Crippen LogP contribution in [0.4, 0.5) is 0 Å². The van der Waals surface area contributed by atoms with E-state index >= 15 is 0 Å². The Labute approximate surface area is 149 Å². The molecule has 2 rings (SSSR count). The molecule has 1 aromatic carbocycles. The predicted octanol–water partition coefficient (Wildman–Crippen LogP) is 2.03. The van der Waals surface area contributed by atoms with Gasteiger partial charge in [0.2, 0.25) is 0 Å². The number of aliphatic carboxylic acids is 1. The number of para-hydroxylation sites is 1. The fraction of sp³-hybridized carbons (Fsp3) is 0.579. The minimum Gasteiger partial charge on any atom is -0.483 e. The lowest BCUT2D eigenvalue weighted by molar-refractivity contribution is -0.140. The van der Waals surface area contributed by atoms with E-state index in [2.05, 4.69) is 6.92 Å². The van der Waals surface area contributed by atoms with E-state index in [1.807, 2.05) is 41.0 Å².